The first-order valence-corrected chi connectivity index (χ1v) is 5.05. The number of nitrogens with one attached hydrogen (secondary N) is 2. The first-order chi connectivity index (χ1) is 7.84. The van der Waals surface area contributed by atoms with Crippen LogP contribution in [-0.2, 0) is 9.53 Å². The number of hydrazine groups is 1. The lowest BCUT2D eigenvalue weighted by Gasteiger charge is -2.15. The standard InChI is InChI=1S/C10H19N3O4/c1-7(2)9(15)17-6-8(14)5-11-12-10(16)13(3)4/h8,11,14H,1,5-6H2,2-4H3,(H,12,16). The van der Waals surface area contributed by atoms with Crippen LogP contribution in [0.5, 0.6) is 0 Å². The van der Waals surface area contributed by atoms with Gasteiger partial charge in [0.1, 0.15) is 12.7 Å². The average Bonchev–Trinajstić information content (AvgIpc) is 2.25. The molecule has 3 N–H and O–H groups in total. The first-order valence-electron chi connectivity index (χ1n) is 5.05. The van der Waals surface area contributed by atoms with Crippen molar-refractivity contribution in [2.24, 2.45) is 0 Å². The summed E-state index contributed by atoms with van der Waals surface area (Å²) in [6.07, 6.45) is -0.902. The molecule has 17 heavy (non-hydrogen) atoms. The molecule has 0 saturated heterocycles. The van der Waals surface area contributed by atoms with E-state index in [9.17, 15) is 14.7 Å². The maximum Gasteiger partial charge on any atom is 0.333 e. The number of urea groups is 1. The Bertz CT molecular complexity index is 291. The van der Waals surface area contributed by atoms with Crippen molar-refractivity contribution in [2.45, 2.75) is 13.0 Å². The molecule has 0 aromatic rings. The van der Waals surface area contributed by atoms with E-state index in [1.54, 1.807) is 14.1 Å². The number of rotatable bonds is 6. The number of ether oxygens (including phenoxy) is 1. The molecule has 0 spiro atoms. The van der Waals surface area contributed by atoms with Gasteiger partial charge >= 0.3 is 12.0 Å². The molecule has 7 nitrogen and oxygen atoms in total. The lowest BCUT2D eigenvalue weighted by Crippen LogP contribution is -2.47. The van der Waals surface area contributed by atoms with Gasteiger partial charge in [-0.3, -0.25) is 5.43 Å². The molecule has 0 heterocycles. The van der Waals surface area contributed by atoms with Gasteiger partial charge in [0, 0.05) is 26.2 Å². The number of amides is 2. The number of esters is 1. The minimum absolute atomic E-state index is 0.0725. The van der Waals surface area contributed by atoms with Crippen LogP contribution in [0.2, 0.25) is 0 Å². The van der Waals surface area contributed by atoms with Crippen LogP contribution in [0.3, 0.4) is 0 Å². The van der Waals surface area contributed by atoms with Crippen LogP contribution in [0.1, 0.15) is 6.92 Å². The average molecular weight is 245 g/mol. The summed E-state index contributed by atoms with van der Waals surface area (Å²) in [5.41, 5.74) is 5.13. The van der Waals surface area contributed by atoms with E-state index in [1.165, 1.54) is 11.8 Å². The van der Waals surface area contributed by atoms with E-state index in [-0.39, 0.29) is 24.8 Å². The number of hydrogen-bond donors (Lipinski definition) is 3. The Labute approximate surface area is 100 Å². The summed E-state index contributed by atoms with van der Waals surface area (Å²) in [6, 6.07) is -0.337. The number of aliphatic hydroxyl groups excluding tert-OH is 1. The van der Waals surface area contributed by atoms with Crippen LogP contribution in [-0.4, -0.2) is 55.4 Å². The molecule has 0 aliphatic rings. The van der Waals surface area contributed by atoms with Gasteiger partial charge < -0.3 is 14.7 Å². The summed E-state index contributed by atoms with van der Waals surface area (Å²) in [4.78, 5) is 23.4. The fourth-order valence-corrected chi connectivity index (χ4v) is 0.710. The van der Waals surface area contributed by atoms with Crippen LogP contribution in [0.15, 0.2) is 12.2 Å². The summed E-state index contributed by atoms with van der Waals surface area (Å²) in [5.74, 6) is -0.554. The van der Waals surface area contributed by atoms with Crippen molar-refractivity contribution in [1.29, 1.82) is 0 Å². The van der Waals surface area contributed by atoms with E-state index in [4.69, 9.17) is 4.74 Å². The second-order valence-corrected chi connectivity index (χ2v) is 3.74. The molecule has 2 amide bonds. The van der Waals surface area contributed by atoms with Gasteiger partial charge in [-0.05, 0) is 6.92 Å². The lowest BCUT2D eigenvalue weighted by atomic mass is 10.3. The van der Waals surface area contributed by atoms with Crippen molar-refractivity contribution in [1.82, 2.24) is 15.8 Å². The zero-order valence-electron chi connectivity index (χ0n) is 10.3. The highest BCUT2D eigenvalue weighted by atomic mass is 16.5. The van der Waals surface area contributed by atoms with Gasteiger partial charge in [0.2, 0.25) is 0 Å². The molecule has 0 bridgehead atoms. The molecule has 0 rings (SSSR count). The Morgan fingerprint density at radius 3 is 2.53 bits per heavy atom. The number of hydrogen-bond acceptors (Lipinski definition) is 5. The molecule has 1 atom stereocenters. The van der Waals surface area contributed by atoms with Crippen LogP contribution in [0.25, 0.3) is 0 Å². The molecule has 0 fully saturated rings. The summed E-state index contributed by atoms with van der Waals surface area (Å²) >= 11 is 0. The first kappa shape index (κ1) is 15.4. The van der Waals surface area contributed by atoms with Gasteiger partial charge in [0.15, 0.2) is 0 Å². The highest BCUT2D eigenvalue weighted by molar-refractivity contribution is 5.86. The third-order valence-electron chi connectivity index (χ3n) is 1.69. The Balaban J connectivity index is 3.67. The Kier molecular flexibility index (Phi) is 6.92. The van der Waals surface area contributed by atoms with Crippen molar-refractivity contribution >= 4 is 12.0 Å². The van der Waals surface area contributed by atoms with Gasteiger partial charge in [0.25, 0.3) is 0 Å². The summed E-state index contributed by atoms with van der Waals surface area (Å²) < 4.78 is 4.72. The normalized spacial score (nSPS) is 11.5. The van der Waals surface area contributed by atoms with Gasteiger partial charge in [-0.2, -0.15) is 0 Å². The molecule has 98 valence electrons. The second-order valence-electron chi connectivity index (χ2n) is 3.74. The SMILES string of the molecule is C=C(C)C(=O)OCC(O)CNNC(=O)N(C)C. The monoisotopic (exact) mass is 245 g/mol. The zero-order valence-corrected chi connectivity index (χ0v) is 10.3. The minimum atomic E-state index is -0.902. The lowest BCUT2D eigenvalue weighted by molar-refractivity contribution is -0.141. The van der Waals surface area contributed by atoms with E-state index in [0.717, 1.165) is 0 Å². The van der Waals surface area contributed by atoms with E-state index >= 15 is 0 Å². The third-order valence-corrected chi connectivity index (χ3v) is 1.69. The van der Waals surface area contributed by atoms with Crippen molar-refractivity contribution in [3.05, 3.63) is 12.2 Å². The smallest absolute Gasteiger partial charge is 0.333 e. The largest absolute Gasteiger partial charge is 0.460 e. The fraction of sp³-hybridized carbons (Fsp3) is 0.600. The van der Waals surface area contributed by atoms with Crippen LogP contribution in [0, 0.1) is 0 Å². The second kappa shape index (κ2) is 7.64. The van der Waals surface area contributed by atoms with Gasteiger partial charge in [-0.25, -0.2) is 15.0 Å². The van der Waals surface area contributed by atoms with Crippen molar-refractivity contribution < 1.29 is 19.4 Å². The van der Waals surface area contributed by atoms with Crippen molar-refractivity contribution in [3.8, 4) is 0 Å². The molecular weight excluding hydrogens is 226 g/mol. The third kappa shape index (κ3) is 7.31. The summed E-state index contributed by atoms with van der Waals surface area (Å²) in [7, 11) is 3.17. The molecule has 1 unspecified atom stereocenters. The predicted molar refractivity (Wildman–Crippen MR) is 62.0 cm³/mol. The maximum atomic E-state index is 11.1. The van der Waals surface area contributed by atoms with Crippen molar-refractivity contribution in [2.75, 3.05) is 27.2 Å². The quantitative estimate of drug-likeness (QED) is 0.325. The van der Waals surface area contributed by atoms with Gasteiger partial charge in [-0.15, -0.1) is 0 Å². The van der Waals surface area contributed by atoms with E-state index < -0.39 is 12.1 Å². The van der Waals surface area contributed by atoms with Crippen LogP contribution >= 0.6 is 0 Å². The van der Waals surface area contributed by atoms with Gasteiger partial charge in [0.05, 0.1) is 0 Å². The van der Waals surface area contributed by atoms with E-state index in [0.29, 0.717) is 0 Å². The molecule has 0 aliphatic heterocycles. The Morgan fingerprint density at radius 2 is 2.06 bits per heavy atom. The van der Waals surface area contributed by atoms with E-state index in [2.05, 4.69) is 17.4 Å². The minimum Gasteiger partial charge on any atom is -0.460 e. The Morgan fingerprint density at radius 1 is 1.47 bits per heavy atom. The molecule has 7 heteroatoms. The van der Waals surface area contributed by atoms with Gasteiger partial charge in [-0.1, -0.05) is 6.58 Å². The number of carbonyl (C=O) groups is 2. The Hall–Kier alpha value is -1.60. The fourth-order valence-electron chi connectivity index (χ4n) is 0.710. The molecular formula is C10H19N3O4. The van der Waals surface area contributed by atoms with E-state index in [1.807, 2.05) is 0 Å². The number of carbonyl (C=O) groups excluding carboxylic acids is 2. The summed E-state index contributed by atoms with van der Waals surface area (Å²) in [6.45, 7) is 4.84. The zero-order chi connectivity index (χ0) is 13.4. The van der Waals surface area contributed by atoms with Crippen molar-refractivity contribution in [3.63, 3.8) is 0 Å². The number of aliphatic hydroxyl groups is 1. The molecule has 0 radical (unpaired) electrons. The molecule has 0 aromatic heterocycles. The maximum absolute atomic E-state index is 11.1. The summed E-state index contributed by atoms with van der Waals surface area (Å²) in [5, 5.41) is 9.40. The molecule has 0 aliphatic carbocycles. The van der Waals surface area contributed by atoms with Crippen LogP contribution < -0.4 is 10.9 Å². The van der Waals surface area contributed by atoms with Crippen LogP contribution in [0.4, 0.5) is 4.79 Å². The highest BCUT2D eigenvalue weighted by Gasteiger charge is 2.09. The highest BCUT2D eigenvalue weighted by Crippen LogP contribution is 1.93. The number of nitrogens with zero attached hydrogens (tertiary/aromatic N) is 1. The molecule has 0 aromatic carbocycles. The topological polar surface area (TPSA) is 90.9 Å². The predicted octanol–water partition coefficient (Wildman–Crippen LogP) is -0.758. The molecule has 0 saturated carbocycles.